The second-order valence-electron chi connectivity index (χ2n) is 28.8. The zero-order chi connectivity index (χ0) is 69.7. The monoisotopic (exact) mass is 1380 g/mol. The van der Waals surface area contributed by atoms with Gasteiger partial charge in [0.25, 0.3) is 0 Å². The van der Waals surface area contributed by atoms with Crippen molar-refractivity contribution in [3.8, 4) is 0 Å². The van der Waals surface area contributed by atoms with Crippen LogP contribution in [-0.4, -0.2) is 211 Å². The lowest BCUT2D eigenvalue weighted by Gasteiger charge is -2.25. The van der Waals surface area contributed by atoms with Crippen molar-refractivity contribution in [3.63, 3.8) is 0 Å². The molecular formula is C74H137N5O14P2+2. The highest BCUT2D eigenvalue weighted by Gasteiger charge is 2.24. The van der Waals surface area contributed by atoms with E-state index in [2.05, 4.69) is 53.4 Å². The van der Waals surface area contributed by atoms with E-state index in [-0.39, 0.29) is 58.6 Å². The SMILES string of the molecule is CN(CCN(C)CC(=O)OCCc1ccc(CCCCCCCCCCCCCCCCCCOP(=O)(O)OCC[N+](C)(C)C)cc1)CCN(CC(=O)O)CC(=O)OCCc1ccc(CCCCCCCCCCCCCCCCCCOP(=O)(O)OCC[N+](C)(C)C)cc1. The molecule has 0 heterocycles. The second-order valence-corrected chi connectivity index (χ2v) is 31.7. The number of hydrogen-bond acceptors (Lipinski definition) is 14. The van der Waals surface area contributed by atoms with Gasteiger partial charge in [0.1, 0.15) is 26.3 Å². The Morgan fingerprint density at radius 1 is 0.347 bits per heavy atom. The lowest BCUT2D eigenvalue weighted by atomic mass is 10.0. The molecule has 2 unspecified atom stereocenters. The number of phosphoric acid groups is 2. The van der Waals surface area contributed by atoms with Crippen molar-refractivity contribution in [1.82, 2.24) is 14.7 Å². The van der Waals surface area contributed by atoms with E-state index in [0.717, 1.165) is 62.5 Å². The fraction of sp³-hybridized carbons (Fsp3) is 0.797. The molecule has 21 heteroatoms. The molecule has 0 saturated heterocycles. The van der Waals surface area contributed by atoms with E-state index >= 15 is 0 Å². The van der Waals surface area contributed by atoms with Crippen LogP contribution < -0.4 is 0 Å². The fourth-order valence-electron chi connectivity index (χ4n) is 11.2. The van der Waals surface area contributed by atoms with E-state index in [1.54, 1.807) is 4.90 Å². The van der Waals surface area contributed by atoms with Crippen LogP contribution in [0.15, 0.2) is 48.5 Å². The highest BCUT2D eigenvalue weighted by atomic mass is 31.2. The van der Waals surface area contributed by atoms with E-state index in [9.17, 15) is 38.4 Å². The third-order valence-electron chi connectivity index (χ3n) is 17.4. The molecule has 0 aliphatic carbocycles. The molecule has 2 aromatic rings. The fourth-order valence-corrected chi connectivity index (χ4v) is 12.7. The number of benzene rings is 2. The standard InChI is InChI=1S/C74H135N5O14P2/c1-75(53-54-76(2)66-73(82)88-61-51-70-47-43-68(44-48-70)41-37-33-29-25-21-17-13-9-11-15-19-23-27-31-35-39-59-90-94(84,85)92-63-57-78(3,4)5)55-56-77(65-72(80)81)67-74(83)89-62-52-71-49-45-69(46-50-71)42-38-34-30-26-22-18-14-10-12-16-20-24-28-32-36-40-60-91-95(86,87)93-64-58-79(6,7)8/h43-50H,9-42,51-67H2,1-8H3,(H-2,80,81,84,85,86,87)/p+2. The van der Waals surface area contributed by atoms with Crippen LogP contribution in [0.4, 0.5) is 0 Å². The quantitative estimate of drug-likeness (QED) is 0.0243. The summed E-state index contributed by atoms with van der Waals surface area (Å²) in [6, 6.07) is 17.3. The number of carboxylic acid groups (broad SMARTS) is 1. The van der Waals surface area contributed by atoms with Crippen molar-refractivity contribution in [3.05, 3.63) is 70.8 Å². The van der Waals surface area contributed by atoms with Gasteiger partial charge in [0, 0.05) is 39.0 Å². The van der Waals surface area contributed by atoms with Crippen LogP contribution in [0.3, 0.4) is 0 Å². The molecule has 95 heavy (non-hydrogen) atoms. The molecule has 0 saturated carbocycles. The summed E-state index contributed by atoms with van der Waals surface area (Å²) >= 11 is 0. The molecule has 0 spiro atoms. The molecule has 0 bridgehead atoms. The molecular weight excluding hydrogens is 1240 g/mol. The zero-order valence-corrected chi connectivity index (χ0v) is 62.9. The minimum absolute atomic E-state index is 0.101. The number of aryl methyl sites for hydroxylation is 2. The summed E-state index contributed by atoms with van der Waals surface area (Å²) in [7, 11) is 8.00. The highest BCUT2D eigenvalue weighted by Crippen LogP contribution is 2.44. The van der Waals surface area contributed by atoms with E-state index < -0.39 is 27.6 Å². The zero-order valence-electron chi connectivity index (χ0n) is 61.1. The molecule has 2 atom stereocenters. The Kier molecular flexibility index (Phi) is 50.6. The lowest BCUT2D eigenvalue weighted by Crippen LogP contribution is -2.41. The van der Waals surface area contributed by atoms with Gasteiger partial charge in [0.15, 0.2) is 0 Å². The van der Waals surface area contributed by atoms with Gasteiger partial charge in [0.05, 0.1) is 88.3 Å². The number of unbranched alkanes of at least 4 members (excludes halogenated alkanes) is 30. The predicted octanol–water partition coefficient (Wildman–Crippen LogP) is 15.1. The van der Waals surface area contributed by atoms with Gasteiger partial charge in [-0.3, -0.25) is 42.3 Å². The van der Waals surface area contributed by atoms with Gasteiger partial charge in [-0.15, -0.1) is 0 Å². The first-order valence-electron chi connectivity index (χ1n) is 37.0. The molecule has 0 aliphatic rings. The molecule has 3 N–H and O–H groups in total. The number of carbonyl (C=O) groups excluding carboxylic acids is 2. The molecule has 0 radical (unpaired) electrons. The summed E-state index contributed by atoms with van der Waals surface area (Å²) in [5, 5.41) is 9.57. The number of likely N-dealkylation sites (N-methyl/N-ethyl adjacent to an activating group) is 4. The number of ether oxygens (including phenoxy) is 2. The first-order valence-corrected chi connectivity index (χ1v) is 40.0. The van der Waals surface area contributed by atoms with Gasteiger partial charge >= 0.3 is 33.6 Å². The van der Waals surface area contributed by atoms with Crippen molar-refractivity contribution < 1.29 is 74.9 Å². The van der Waals surface area contributed by atoms with Crippen LogP contribution in [0, 0.1) is 0 Å². The van der Waals surface area contributed by atoms with Crippen LogP contribution in [0.2, 0.25) is 0 Å². The summed E-state index contributed by atoms with van der Waals surface area (Å²) in [5.74, 6) is -1.70. The van der Waals surface area contributed by atoms with Gasteiger partial charge in [-0.1, -0.05) is 228 Å². The van der Waals surface area contributed by atoms with Crippen molar-refractivity contribution in [2.24, 2.45) is 0 Å². The summed E-state index contributed by atoms with van der Waals surface area (Å²) in [6.45, 7) is 4.82. The summed E-state index contributed by atoms with van der Waals surface area (Å²) < 4.78 is 56.8. The summed E-state index contributed by atoms with van der Waals surface area (Å²) in [6.07, 6.45) is 42.8. The number of quaternary nitrogens is 2. The molecule has 0 aliphatic heterocycles. The normalized spacial score (nSPS) is 13.4. The number of rotatable bonds is 66. The van der Waals surface area contributed by atoms with Crippen molar-refractivity contribution in [2.45, 2.75) is 231 Å². The number of esters is 2. The lowest BCUT2D eigenvalue weighted by molar-refractivity contribution is -0.870. The average molecular weight is 1380 g/mol. The van der Waals surface area contributed by atoms with Gasteiger partial charge in [-0.05, 0) is 74.9 Å². The Morgan fingerprint density at radius 3 is 0.926 bits per heavy atom. The van der Waals surface area contributed by atoms with Crippen molar-refractivity contribution in [1.29, 1.82) is 0 Å². The Bertz CT molecular complexity index is 2320. The average Bonchev–Trinajstić information content (AvgIpc) is 1.70. The summed E-state index contributed by atoms with van der Waals surface area (Å²) in [4.78, 5) is 62.4. The summed E-state index contributed by atoms with van der Waals surface area (Å²) in [5.41, 5.74) is 4.93. The highest BCUT2D eigenvalue weighted by molar-refractivity contribution is 7.47. The Balaban J connectivity index is 1.41. The Hall–Kier alpha value is -3.13. The molecule has 2 rings (SSSR count). The van der Waals surface area contributed by atoms with Crippen LogP contribution in [0.1, 0.15) is 228 Å². The van der Waals surface area contributed by atoms with Crippen molar-refractivity contribution in [2.75, 3.05) is 155 Å². The maximum atomic E-state index is 12.8. The Morgan fingerprint density at radius 2 is 0.611 bits per heavy atom. The Labute approximate surface area is 577 Å². The molecule has 0 aromatic heterocycles. The third-order valence-corrected chi connectivity index (χ3v) is 19.4. The molecule has 19 nitrogen and oxygen atoms in total. The topological polar surface area (TPSA) is 211 Å². The molecule has 0 fully saturated rings. The minimum Gasteiger partial charge on any atom is -0.480 e. The van der Waals surface area contributed by atoms with E-state index in [1.165, 1.54) is 178 Å². The molecule has 550 valence electrons. The van der Waals surface area contributed by atoms with Crippen LogP contribution >= 0.6 is 15.6 Å². The number of phosphoric ester groups is 2. The van der Waals surface area contributed by atoms with E-state index in [4.69, 9.17) is 27.6 Å². The number of nitrogens with zero attached hydrogens (tertiary/aromatic N) is 5. The van der Waals surface area contributed by atoms with Crippen molar-refractivity contribution >= 4 is 33.6 Å². The maximum Gasteiger partial charge on any atom is 0.472 e. The second kappa shape index (κ2) is 54.7. The van der Waals surface area contributed by atoms with Gasteiger partial charge in [0.2, 0.25) is 0 Å². The molecule has 0 amide bonds. The van der Waals surface area contributed by atoms with Gasteiger partial charge < -0.3 is 38.2 Å². The van der Waals surface area contributed by atoms with Gasteiger partial charge in [-0.2, -0.15) is 0 Å². The van der Waals surface area contributed by atoms with E-state index in [1.807, 2.05) is 61.3 Å². The number of carbonyl (C=O) groups is 3. The van der Waals surface area contributed by atoms with Crippen LogP contribution in [-0.2, 0) is 76.8 Å². The number of hydrogen-bond donors (Lipinski definition) is 3. The first kappa shape index (κ1) is 88.0. The third kappa shape index (κ3) is 56.3. The minimum atomic E-state index is -3.95. The first-order chi connectivity index (χ1) is 45.4. The maximum absolute atomic E-state index is 12.8. The van der Waals surface area contributed by atoms with Crippen LogP contribution in [0.5, 0.6) is 0 Å². The molecule has 2 aromatic carbocycles. The van der Waals surface area contributed by atoms with Crippen LogP contribution in [0.25, 0.3) is 0 Å². The number of carboxylic acids is 1. The van der Waals surface area contributed by atoms with Gasteiger partial charge in [-0.25, -0.2) is 9.13 Å². The largest absolute Gasteiger partial charge is 0.480 e. The smallest absolute Gasteiger partial charge is 0.472 e. The predicted molar refractivity (Wildman–Crippen MR) is 386 cm³/mol. The number of aliphatic carboxylic acids is 1. The van der Waals surface area contributed by atoms with E-state index in [0.29, 0.717) is 67.7 Å².